The van der Waals surface area contributed by atoms with E-state index in [1.165, 1.54) is 43.6 Å². The average Bonchev–Trinajstić information content (AvgIpc) is 3.02. The van der Waals surface area contributed by atoms with Crippen LogP contribution in [0.4, 0.5) is 26.3 Å². The van der Waals surface area contributed by atoms with Crippen LogP contribution in [0.5, 0.6) is 17.2 Å². The summed E-state index contributed by atoms with van der Waals surface area (Å²) in [5.74, 6) is -3.75. The summed E-state index contributed by atoms with van der Waals surface area (Å²) in [6.07, 6.45) is -8.62. The third-order valence-corrected chi connectivity index (χ3v) is 7.45. The maximum absolute atomic E-state index is 13.2. The van der Waals surface area contributed by atoms with Crippen LogP contribution >= 0.6 is 0 Å². The molecule has 46 heavy (non-hydrogen) atoms. The molecule has 0 aliphatic carbocycles. The molecule has 3 aromatic rings. The van der Waals surface area contributed by atoms with Crippen molar-refractivity contribution in [1.82, 2.24) is 10.3 Å². The molecule has 15 heteroatoms. The predicted molar refractivity (Wildman–Crippen MR) is 149 cm³/mol. The summed E-state index contributed by atoms with van der Waals surface area (Å²) in [6.45, 7) is 1.24. The number of methoxy groups -OCH3 is 1. The first-order chi connectivity index (χ1) is 21.6. The van der Waals surface area contributed by atoms with Gasteiger partial charge in [0.15, 0.2) is 23.2 Å². The van der Waals surface area contributed by atoms with Gasteiger partial charge in [-0.1, -0.05) is 24.3 Å². The number of ether oxygens (including phenoxy) is 4. The Hall–Kier alpha value is -4.53. The predicted octanol–water partition coefficient (Wildman–Crippen LogP) is 5.49. The number of benzene rings is 2. The minimum absolute atomic E-state index is 0.0169. The number of esters is 1. The highest BCUT2D eigenvalue weighted by Crippen LogP contribution is 2.33. The molecule has 2 heterocycles. The topological polar surface area (TPSA) is 116 Å². The summed E-state index contributed by atoms with van der Waals surface area (Å²) in [5.41, 5.74) is -0.112. The number of aromatic hydroxyl groups is 1. The molecule has 1 aromatic heterocycles. The lowest BCUT2D eigenvalue weighted by Crippen LogP contribution is -2.46. The Labute approximate surface area is 259 Å². The van der Waals surface area contributed by atoms with Crippen LogP contribution in [0.3, 0.4) is 0 Å². The second-order valence-electron chi connectivity index (χ2n) is 10.6. The highest BCUT2D eigenvalue weighted by Gasteiger charge is 2.36. The Bertz CT molecular complexity index is 1500. The quantitative estimate of drug-likeness (QED) is 0.242. The molecule has 9 nitrogen and oxygen atoms in total. The van der Waals surface area contributed by atoms with Crippen LogP contribution < -0.4 is 14.8 Å². The van der Waals surface area contributed by atoms with Crippen molar-refractivity contribution in [3.63, 3.8) is 0 Å². The van der Waals surface area contributed by atoms with E-state index in [1.54, 1.807) is 6.92 Å². The Morgan fingerprint density at radius 2 is 1.61 bits per heavy atom. The molecule has 2 aromatic carbocycles. The Morgan fingerprint density at radius 1 is 0.978 bits per heavy atom. The van der Waals surface area contributed by atoms with Crippen molar-refractivity contribution in [3.8, 4) is 17.2 Å². The number of cyclic esters (lactones) is 1. The molecule has 0 spiro atoms. The molecule has 1 amide bonds. The number of nitrogens with zero attached hydrogens (tertiary/aromatic N) is 1. The zero-order valence-electron chi connectivity index (χ0n) is 24.5. The molecule has 248 valence electrons. The van der Waals surface area contributed by atoms with Crippen molar-refractivity contribution < 1.29 is 60.0 Å². The summed E-state index contributed by atoms with van der Waals surface area (Å²) in [4.78, 5) is 30.0. The Balaban J connectivity index is 1.58. The molecular formula is C31H30F6N2O7. The van der Waals surface area contributed by atoms with Crippen molar-refractivity contribution >= 4 is 11.9 Å². The van der Waals surface area contributed by atoms with E-state index in [2.05, 4.69) is 15.0 Å². The van der Waals surface area contributed by atoms with Gasteiger partial charge in [-0.2, -0.15) is 13.2 Å². The molecule has 1 fully saturated rings. The first-order valence-corrected chi connectivity index (χ1v) is 14.0. The highest BCUT2D eigenvalue weighted by atomic mass is 19.4. The van der Waals surface area contributed by atoms with Gasteiger partial charge >= 0.3 is 18.5 Å². The maximum Gasteiger partial charge on any atom is 0.573 e. The third kappa shape index (κ3) is 9.02. The normalized spacial score (nSPS) is 20.9. The van der Waals surface area contributed by atoms with Crippen LogP contribution in [0.1, 0.15) is 34.1 Å². The minimum atomic E-state index is -4.88. The van der Waals surface area contributed by atoms with E-state index in [-0.39, 0.29) is 31.8 Å². The first-order valence-electron chi connectivity index (χ1n) is 14.0. The number of amides is 1. The smallest absolute Gasteiger partial charge is 0.503 e. The number of hydrogen-bond acceptors (Lipinski definition) is 8. The number of halogens is 6. The molecule has 4 rings (SSSR count). The summed E-state index contributed by atoms with van der Waals surface area (Å²) in [6, 6.07) is 9.72. The Morgan fingerprint density at radius 3 is 2.22 bits per heavy atom. The lowest BCUT2D eigenvalue weighted by atomic mass is 9.80. The van der Waals surface area contributed by atoms with Gasteiger partial charge in [0, 0.05) is 18.2 Å². The molecule has 0 saturated carbocycles. The zero-order valence-corrected chi connectivity index (χ0v) is 24.5. The van der Waals surface area contributed by atoms with E-state index < -0.39 is 71.2 Å². The van der Waals surface area contributed by atoms with E-state index in [9.17, 15) is 41.0 Å². The van der Waals surface area contributed by atoms with Crippen LogP contribution in [0, 0.1) is 11.8 Å². The van der Waals surface area contributed by atoms with Crippen LogP contribution in [0.25, 0.3) is 0 Å². The fraction of sp³-hybridized carbons (Fsp3) is 0.387. The van der Waals surface area contributed by atoms with Crippen molar-refractivity contribution in [2.75, 3.05) is 20.3 Å². The van der Waals surface area contributed by atoms with Crippen molar-refractivity contribution in [2.24, 2.45) is 11.8 Å². The van der Waals surface area contributed by atoms with E-state index in [1.807, 2.05) is 0 Å². The summed E-state index contributed by atoms with van der Waals surface area (Å²) >= 11 is 0. The van der Waals surface area contributed by atoms with Gasteiger partial charge in [-0.15, -0.1) is 13.2 Å². The number of carbonyl (C=O) groups is 2. The van der Waals surface area contributed by atoms with Crippen molar-refractivity contribution in [3.05, 3.63) is 83.2 Å². The molecular weight excluding hydrogens is 626 g/mol. The Kier molecular flexibility index (Phi) is 10.7. The number of aromatic nitrogens is 1. The second-order valence-corrected chi connectivity index (χ2v) is 10.6. The lowest BCUT2D eigenvalue weighted by molar-refractivity contribution is -0.274. The number of rotatable bonds is 8. The first kappa shape index (κ1) is 34.3. The molecule has 4 atom stereocenters. The summed E-state index contributed by atoms with van der Waals surface area (Å²) in [7, 11) is 1.28. The van der Waals surface area contributed by atoms with Crippen molar-refractivity contribution in [2.45, 2.75) is 44.4 Å². The van der Waals surface area contributed by atoms with Crippen LogP contribution in [-0.4, -0.2) is 60.8 Å². The van der Waals surface area contributed by atoms with E-state index >= 15 is 0 Å². The zero-order chi connectivity index (χ0) is 33.6. The van der Waals surface area contributed by atoms with Gasteiger partial charge in [0.05, 0.1) is 25.9 Å². The maximum atomic E-state index is 13.2. The second kappa shape index (κ2) is 14.3. The standard InChI is InChI=1S/C31H30F6N2O7/c1-17-23(14-19-5-9-22(10-6-19)46-31(35,36)37)20(13-18-3-7-21(8-4-18)30(32,33)34)15-44-16-24(29(42)45-17)39-28(41)26-27(40)25(43-2)11-12-38-26/h3-12,17,20,23-24,40H,13-16H2,1-2H3,(H,39,41)/t17-,20-,23-,24-/m0/s1. The van der Waals surface area contributed by atoms with Gasteiger partial charge in [0.2, 0.25) is 0 Å². The number of nitrogens with one attached hydrogen (secondary N) is 1. The van der Waals surface area contributed by atoms with Crippen LogP contribution in [0.15, 0.2) is 60.8 Å². The van der Waals surface area contributed by atoms with E-state index in [4.69, 9.17) is 14.2 Å². The molecule has 0 unspecified atom stereocenters. The molecule has 1 saturated heterocycles. The van der Waals surface area contributed by atoms with E-state index in [0.29, 0.717) is 11.1 Å². The fourth-order valence-electron chi connectivity index (χ4n) is 5.13. The van der Waals surface area contributed by atoms with Crippen molar-refractivity contribution in [1.29, 1.82) is 0 Å². The van der Waals surface area contributed by atoms with Gasteiger partial charge < -0.3 is 29.4 Å². The largest absolute Gasteiger partial charge is 0.573 e. The number of pyridine rings is 1. The lowest BCUT2D eigenvalue weighted by Gasteiger charge is -2.31. The fourth-order valence-corrected chi connectivity index (χ4v) is 5.13. The third-order valence-electron chi connectivity index (χ3n) is 7.45. The molecule has 1 aliphatic rings. The number of alkyl halides is 6. The minimum Gasteiger partial charge on any atom is -0.503 e. The highest BCUT2D eigenvalue weighted by molar-refractivity contribution is 5.98. The molecule has 0 bridgehead atoms. The van der Waals surface area contributed by atoms with Crippen LogP contribution in [-0.2, 0) is 33.3 Å². The molecule has 0 radical (unpaired) electrons. The SMILES string of the molecule is COc1ccnc(C(=O)N[C@H]2COC[C@H](Cc3ccc(C(F)(F)F)cc3)[C@@H](Cc3ccc(OC(F)(F)F)cc3)[C@H](C)OC2=O)c1O. The number of carbonyl (C=O) groups excluding carboxylic acids is 2. The summed E-state index contributed by atoms with van der Waals surface area (Å²) < 4.78 is 97.8. The average molecular weight is 657 g/mol. The van der Waals surface area contributed by atoms with Gasteiger partial charge in [-0.05, 0) is 61.1 Å². The van der Waals surface area contributed by atoms with E-state index in [0.717, 1.165) is 24.3 Å². The van der Waals surface area contributed by atoms with Gasteiger partial charge in [-0.3, -0.25) is 4.79 Å². The van der Waals surface area contributed by atoms with Crippen LogP contribution in [0.2, 0.25) is 0 Å². The monoisotopic (exact) mass is 656 g/mol. The molecule has 1 aliphatic heterocycles. The van der Waals surface area contributed by atoms with Gasteiger partial charge in [0.25, 0.3) is 5.91 Å². The molecule has 2 N–H and O–H groups in total. The van der Waals surface area contributed by atoms with Gasteiger partial charge in [-0.25, -0.2) is 9.78 Å². The summed E-state index contributed by atoms with van der Waals surface area (Å²) in [5, 5.41) is 12.7. The number of hydrogen-bond donors (Lipinski definition) is 2. The van der Waals surface area contributed by atoms with Gasteiger partial charge in [0.1, 0.15) is 11.9 Å².